The fraction of sp³-hybridized carbons (Fsp3) is 0.533. The number of aromatic hydroxyl groups is 1. The number of hydrogen-bond acceptors (Lipinski definition) is 3. The summed E-state index contributed by atoms with van der Waals surface area (Å²) in [6, 6.07) is 5.46. The molecule has 0 unspecified atom stereocenters. The Balaban J connectivity index is 2.05. The molecule has 1 saturated heterocycles. The molecule has 1 heterocycles. The number of carbonyl (C=O) groups excluding carboxylic acids is 1. The molecule has 104 valence electrons. The fourth-order valence-corrected chi connectivity index (χ4v) is 2.50. The zero-order chi connectivity index (χ0) is 14.0. The summed E-state index contributed by atoms with van der Waals surface area (Å²) in [5.74, 6) is 0.277. The van der Waals surface area contributed by atoms with Gasteiger partial charge in [0.25, 0.3) is 5.91 Å². The van der Waals surface area contributed by atoms with Crippen LogP contribution in [0.25, 0.3) is 0 Å². The van der Waals surface area contributed by atoms with Gasteiger partial charge >= 0.3 is 0 Å². The summed E-state index contributed by atoms with van der Waals surface area (Å²) in [6.45, 7) is 9.64. The highest BCUT2D eigenvalue weighted by atomic mass is 16.3. The average Bonchev–Trinajstić information content (AvgIpc) is 2.38. The van der Waals surface area contributed by atoms with E-state index in [0.29, 0.717) is 11.6 Å². The van der Waals surface area contributed by atoms with Crippen LogP contribution in [-0.4, -0.2) is 53.0 Å². The average molecular weight is 262 g/mol. The van der Waals surface area contributed by atoms with Crippen LogP contribution < -0.4 is 0 Å². The third-order valence-corrected chi connectivity index (χ3v) is 3.77. The van der Waals surface area contributed by atoms with E-state index in [2.05, 4.69) is 18.7 Å². The van der Waals surface area contributed by atoms with Crippen LogP contribution in [0.15, 0.2) is 18.2 Å². The van der Waals surface area contributed by atoms with Crippen molar-refractivity contribution in [3.05, 3.63) is 29.3 Å². The number of hydrogen-bond donors (Lipinski definition) is 1. The Morgan fingerprint density at radius 3 is 2.37 bits per heavy atom. The van der Waals surface area contributed by atoms with Gasteiger partial charge in [-0.15, -0.1) is 0 Å². The first-order valence-electron chi connectivity index (χ1n) is 6.82. The Labute approximate surface area is 114 Å². The molecular formula is C15H22N2O2. The van der Waals surface area contributed by atoms with Crippen LogP contribution in [0.1, 0.15) is 29.8 Å². The van der Waals surface area contributed by atoms with Crippen LogP contribution in [0.2, 0.25) is 0 Å². The number of nitrogens with zero attached hydrogens (tertiary/aromatic N) is 2. The Kier molecular flexibility index (Phi) is 4.10. The number of benzene rings is 1. The molecule has 0 aromatic heterocycles. The predicted octanol–water partition coefficient (Wildman–Crippen LogP) is 1.87. The van der Waals surface area contributed by atoms with Crippen LogP contribution in [-0.2, 0) is 0 Å². The Morgan fingerprint density at radius 1 is 1.21 bits per heavy atom. The number of phenolic OH excluding ortho intramolecular Hbond substituents is 1. The van der Waals surface area contributed by atoms with Gasteiger partial charge in [-0.1, -0.05) is 0 Å². The molecule has 4 heteroatoms. The van der Waals surface area contributed by atoms with Gasteiger partial charge in [-0.25, -0.2) is 0 Å². The van der Waals surface area contributed by atoms with E-state index >= 15 is 0 Å². The van der Waals surface area contributed by atoms with Gasteiger partial charge in [-0.2, -0.15) is 0 Å². The van der Waals surface area contributed by atoms with E-state index in [1.54, 1.807) is 18.2 Å². The first-order valence-corrected chi connectivity index (χ1v) is 6.82. The minimum Gasteiger partial charge on any atom is -0.508 e. The standard InChI is InChI=1S/C15H22N2O2/c1-11(2)16-6-8-17(9-7-16)15(19)14-5-4-13(18)10-12(14)3/h4-5,10-11,18H,6-9H2,1-3H3. The molecule has 0 bridgehead atoms. The van der Waals surface area contributed by atoms with E-state index in [1.165, 1.54) is 0 Å². The minimum atomic E-state index is 0.0703. The van der Waals surface area contributed by atoms with Gasteiger partial charge in [-0.05, 0) is 44.5 Å². The summed E-state index contributed by atoms with van der Waals surface area (Å²) in [5.41, 5.74) is 1.52. The topological polar surface area (TPSA) is 43.8 Å². The largest absolute Gasteiger partial charge is 0.508 e. The van der Waals surface area contributed by atoms with Crippen LogP contribution in [0.5, 0.6) is 5.75 Å². The minimum absolute atomic E-state index is 0.0703. The number of carbonyl (C=O) groups is 1. The van der Waals surface area contributed by atoms with E-state index in [1.807, 2.05) is 11.8 Å². The van der Waals surface area contributed by atoms with Crippen LogP contribution in [0.4, 0.5) is 0 Å². The maximum absolute atomic E-state index is 12.4. The second-order valence-electron chi connectivity index (χ2n) is 5.42. The number of rotatable bonds is 2. The highest BCUT2D eigenvalue weighted by Gasteiger charge is 2.24. The van der Waals surface area contributed by atoms with Gasteiger partial charge < -0.3 is 10.0 Å². The molecule has 1 aliphatic rings. The van der Waals surface area contributed by atoms with Crippen molar-refractivity contribution in [2.24, 2.45) is 0 Å². The molecular weight excluding hydrogens is 240 g/mol. The number of aryl methyl sites for hydroxylation is 1. The van der Waals surface area contributed by atoms with Crippen molar-refractivity contribution in [3.8, 4) is 5.75 Å². The van der Waals surface area contributed by atoms with Gasteiger partial charge in [0.15, 0.2) is 0 Å². The van der Waals surface area contributed by atoms with E-state index in [4.69, 9.17) is 0 Å². The third kappa shape index (κ3) is 3.07. The molecule has 0 spiro atoms. The predicted molar refractivity (Wildman–Crippen MR) is 75.5 cm³/mol. The van der Waals surface area contributed by atoms with Crippen LogP contribution >= 0.6 is 0 Å². The zero-order valence-corrected chi connectivity index (χ0v) is 11.9. The molecule has 0 saturated carbocycles. The monoisotopic (exact) mass is 262 g/mol. The van der Waals surface area contributed by atoms with Gasteiger partial charge in [-0.3, -0.25) is 9.69 Å². The molecule has 4 nitrogen and oxygen atoms in total. The smallest absolute Gasteiger partial charge is 0.254 e. The van der Waals surface area contributed by atoms with Gasteiger partial charge in [0.2, 0.25) is 0 Å². The molecule has 2 rings (SSSR count). The quantitative estimate of drug-likeness (QED) is 0.885. The lowest BCUT2D eigenvalue weighted by Gasteiger charge is -2.37. The van der Waals surface area contributed by atoms with Gasteiger partial charge in [0.1, 0.15) is 5.75 Å². The second kappa shape index (κ2) is 5.61. The molecule has 1 aromatic rings. The van der Waals surface area contributed by atoms with Crippen LogP contribution in [0.3, 0.4) is 0 Å². The molecule has 0 aliphatic carbocycles. The van der Waals surface area contributed by atoms with Crippen molar-refractivity contribution in [2.45, 2.75) is 26.8 Å². The second-order valence-corrected chi connectivity index (χ2v) is 5.42. The Bertz CT molecular complexity index is 463. The van der Waals surface area contributed by atoms with E-state index in [0.717, 1.165) is 31.7 Å². The van der Waals surface area contributed by atoms with Crippen molar-refractivity contribution >= 4 is 5.91 Å². The molecule has 1 aromatic carbocycles. The molecule has 1 aliphatic heterocycles. The SMILES string of the molecule is Cc1cc(O)ccc1C(=O)N1CCN(C(C)C)CC1. The molecule has 1 fully saturated rings. The molecule has 0 atom stereocenters. The van der Waals surface area contributed by atoms with E-state index in [9.17, 15) is 9.90 Å². The van der Waals surface area contributed by atoms with E-state index in [-0.39, 0.29) is 11.7 Å². The number of phenols is 1. The summed E-state index contributed by atoms with van der Waals surface area (Å²) in [4.78, 5) is 16.7. The summed E-state index contributed by atoms with van der Waals surface area (Å²) in [6.07, 6.45) is 0. The number of amides is 1. The van der Waals surface area contributed by atoms with Crippen LogP contribution in [0, 0.1) is 6.92 Å². The Morgan fingerprint density at radius 2 is 1.84 bits per heavy atom. The van der Waals surface area contributed by atoms with Gasteiger partial charge in [0, 0.05) is 37.8 Å². The van der Waals surface area contributed by atoms with Crippen molar-refractivity contribution in [3.63, 3.8) is 0 Å². The molecule has 0 radical (unpaired) electrons. The van der Waals surface area contributed by atoms with Crippen molar-refractivity contribution in [1.82, 2.24) is 9.80 Å². The zero-order valence-electron chi connectivity index (χ0n) is 11.9. The van der Waals surface area contributed by atoms with E-state index < -0.39 is 0 Å². The maximum Gasteiger partial charge on any atom is 0.254 e. The third-order valence-electron chi connectivity index (χ3n) is 3.77. The lowest BCUT2D eigenvalue weighted by molar-refractivity contribution is 0.0595. The lowest BCUT2D eigenvalue weighted by Crippen LogP contribution is -2.50. The first-order chi connectivity index (χ1) is 8.99. The molecule has 1 N–H and O–H groups in total. The van der Waals surface area contributed by atoms with Crippen molar-refractivity contribution in [2.75, 3.05) is 26.2 Å². The Hall–Kier alpha value is -1.55. The van der Waals surface area contributed by atoms with Gasteiger partial charge in [0.05, 0.1) is 0 Å². The lowest BCUT2D eigenvalue weighted by atomic mass is 10.1. The summed E-state index contributed by atoms with van der Waals surface area (Å²) in [5, 5.41) is 9.39. The van der Waals surface area contributed by atoms with Crippen molar-refractivity contribution in [1.29, 1.82) is 0 Å². The molecule has 19 heavy (non-hydrogen) atoms. The number of piperazine rings is 1. The first kappa shape index (κ1) is 13.9. The summed E-state index contributed by atoms with van der Waals surface area (Å²) in [7, 11) is 0. The van der Waals surface area contributed by atoms with Crippen molar-refractivity contribution < 1.29 is 9.90 Å². The highest BCUT2D eigenvalue weighted by Crippen LogP contribution is 2.18. The summed E-state index contributed by atoms with van der Waals surface area (Å²) >= 11 is 0. The maximum atomic E-state index is 12.4. The summed E-state index contributed by atoms with van der Waals surface area (Å²) < 4.78 is 0. The highest BCUT2D eigenvalue weighted by molar-refractivity contribution is 5.95. The normalized spacial score (nSPS) is 16.9. The molecule has 1 amide bonds. The fourth-order valence-electron chi connectivity index (χ4n) is 2.50.